The molecule has 0 bridgehead atoms. The van der Waals surface area contributed by atoms with E-state index in [1.807, 2.05) is 6.07 Å². The van der Waals surface area contributed by atoms with Gasteiger partial charge in [-0.1, -0.05) is 0 Å². The van der Waals surface area contributed by atoms with Gasteiger partial charge in [-0.15, -0.1) is 0 Å². The first-order valence-electron chi connectivity index (χ1n) is 6.16. The Kier molecular flexibility index (Phi) is 3.79. The highest BCUT2D eigenvalue weighted by Gasteiger charge is 2.28. The van der Waals surface area contributed by atoms with Crippen molar-refractivity contribution in [3.05, 3.63) is 37.9 Å². The van der Waals surface area contributed by atoms with E-state index in [2.05, 4.69) is 0 Å². The van der Waals surface area contributed by atoms with Gasteiger partial charge in [-0.2, -0.15) is 5.26 Å². The van der Waals surface area contributed by atoms with Crippen LogP contribution in [0.2, 0.25) is 0 Å². The molecule has 0 N–H and O–H groups in total. The first-order chi connectivity index (χ1) is 9.54. The van der Waals surface area contributed by atoms with Gasteiger partial charge in [-0.05, 0) is 19.3 Å². The second-order valence-electron chi connectivity index (χ2n) is 4.53. The molecule has 1 aromatic carbocycles. The van der Waals surface area contributed by atoms with Gasteiger partial charge in [0.1, 0.15) is 11.8 Å². The lowest BCUT2D eigenvalue weighted by Crippen LogP contribution is -2.30. The summed E-state index contributed by atoms with van der Waals surface area (Å²) in [6.07, 6.45) is 2.82. The lowest BCUT2D eigenvalue weighted by molar-refractivity contribution is -0.393. The highest BCUT2D eigenvalue weighted by molar-refractivity contribution is 5.75. The molecular formula is C12H12N4O4. The zero-order valence-electron chi connectivity index (χ0n) is 10.6. The first-order valence-corrected chi connectivity index (χ1v) is 6.16. The predicted octanol–water partition coefficient (Wildman–Crippen LogP) is 2.36. The van der Waals surface area contributed by atoms with Gasteiger partial charge >= 0.3 is 5.69 Å². The molecule has 2 rings (SSSR count). The van der Waals surface area contributed by atoms with Crippen LogP contribution in [0.15, 0.2) is 12.1 Å². The van der Waals surface area contributed by atoms with Crippen molar-refractivity contribution in [3.63, 3.8) is 0 Å². The van der Waals surface area contributed by atoms with E-state index < -0.39 is 15.5 Å². The van der Waals surface area contributed by atoms with E-state index in [-0.39, 0.29) is 16.9 Å². The molecule has 0 aromatic heterocycles. The molecule has 1 saturated heterocycles. The molecule has 0 spiro atoms. The minimum Gasteiger partial charge on any atom is -0.365 e. The summed E-state index contributed by atoms with van der Waals surface area (Å²) >= 11 is 0. The van der Waals surface area contributed by atoms with E-state index >= 15 is 0 Å². The number of hydrogen-bond donors (Lipinski definition) is 0. The van der Waals surface area contributed by atoms with Crippen molar-refractivity contribution in [3.8, 4) is 6.07 Å². The van der Waals surface area contributed by atoms with Crippen LogP contribution in [0.25, 0.3) is 0 Å². The number of nitriles is 1. The third kappa shape index (κ3) is 2.51. The highest BCUT2D eigenvalue weighted by Crippen LogP contribution is 2.37. The van der Waals surface area contributed by atoms with Crippen LogP contribution in [0.1, 0.15) is 24.8 Å². The normalized spacial score (nSPS) is 14.7. The molecule has 0 saturated carbocycles. The minimum absolute atomic E-state index is 0.0206. The van der Waals surface area contributed by atoms with E-state index in [0.717, 1.165) is 31.4 Å². The summed E-state index contributed by atoms with van der Waals surface area (Å²) in [4.78, 5) is 22.3. The Morgan fingerprint density at radius 1 is 1.10 bits per heavy atom. The van der Waals surface area contributed by atoms with E-state index in [1.54, 1.807) is 4.90 Å². The molecule has 1 aliphatic rings. The van der Waals surface area contributed by atoms with Crippen molar-refractivity contribution in [2.45, 2.75) is 19.3 Å². The standard InChI is InChI=1S/C12H12N4O4/c13-8-9-6-10(15(17)18)7-11(16(19)20)12(9)14-4-2-1-3-5-14/h6-7H,1-5H2. The summed E-state index contributed by atoms with van der Waals surface area (Å²) in [6, 6.07) is 3.85. The molecule has 8 heteroatoms. The molecular weight excluding hydrogens is 264 g/mol. The van der Waals surface area contributed by atoms with E-state index in [9.17, 15) is 20.2 Å². The van der Waals surface area contributed by atoms with Crippen LogP contribution in [-0.4, -0.2) is 22.9 Å². The number of anilines is 1. The zero-order chi connectivity index (χ0) is 14.7. The fraction of sp³-hybridized carbons (Fsp3) is 0.417. The Morgan fingerprint density at radius 2 is 1.75 bits per heavy atom. The number of nitro benzene ring substituents is 2. The number of hydrogen-bond acceptors (Lipinski definition) is 6. The number of nitro groups is 2. The molecule has 0 aliphatic carbocycles. The second kappa shape index (κ2) is 5.52. The van der Waals surface area contributed by atoms with Crippen molar-refractivity contribution in [1.82, 2.24) is 0 Å². The van der Waals surface area contributed by atoms with Crippen LogP contribution >= 0.6 is 0 Å². The van der Waals surface area contributed by atoms with Gasteiger partial charge < -0.3 is 4.90 Å². The van der Waals surface area contributed by atoms with Crippen LogP contribution in [0, 0.1) is 31.6 Å². The molecule has 104 valence electrons. The van der Waals surface area contributed by atoms with Gasteiger partial charge in [-0.25, -0.2) is 0 Å². The van der Waals surface area contributed by atoms with Gasteiger partial charge in [0.25, 0.3) is 5.69 Å². The molecule has 0 amide bonds. The summed E-state index contributed by atoms with van der Waals surface area (Å²) in [6.45, 7) is 1.24. The highest BCUT2D eigenvalue weighted by atomic mass is 16.6. The van der Waals surface area contributed by atoms with Crippen molar-refractivity contribution < 1.29 is 9.85 Å². The molecule has 1 heterocycles. The van der Waals surface area contributed by atoms with Crippen LogP contribution < -0.4 is 4.90 Å². The minimum atomic E-state index is -0.728. The predicted molar refractivity (Wildman–Crippen MR) is 70.5 cm³/mol. The summed E-state index contributed by atoms with van der Waals surface area (Å²) in [7, 11) is 0. The molecule has 0 atom stereocenters. The van der Waals surface area contributed by atoms with Crippen LogP contribution in [0.5, 0.6) is 0 Å². The summed E-state index contributed by atoms with van der Waals surface area (Å²) < 4.78 is 0. The fourth-order valence-electron chi connectivity index (χ4n) is 2.38. The second-order valence-corrected chi connectivity index (χ2v) is 4.53. The molecule has 20 heavy (non-hydrogen) atoms. The van der Waals surface area contributed by atoms with Crippen LogP contribution in [-0.2, 0) is 0 Å². The number of non-ortho nitro benzene ring substituents is 1. The number of piperidine rings is 1. The summed E-state index contributed by atoms with van der Waals surface area (Å²) in [5.41, 5.74) is -0.637. The van der Waals surface area contributed by atoms with Gasteiger partial charge in [0.2, 0.25) is 0 Å². The Hall–Kier alpha value is -2.69. The van der Waals surface area contributed by atoms with Crippen LogP contribution in [0.4, 0.5) is 17.1 Å². The lowest BCUT2D eigenvalue weighted by Gasteiger charge is -2.28. The van der Waals surface area contributed by atoms with Gasteiger partial charge in [0, 0.05) is 19.2 Å². The lowest BCUT2D eigenvalue weighted by atomic mass is 10.1. The maximum Gasteiger partial charge on any atom is 0.300 e. The van der Waals surface area contributed by atoms with Crippen molar-refractivity contribution in [2.24, 2.45) is 0 Å². The molecule has 8 nitrogen and oxygen atoms in total. The third-order valence-electron chi connectivity index (χ3n) is 3.27. The van der Waals surface area contributed by atoms with Gasteiger partial charge in [0.05, 0.1) is 21.5 Å². The van der Waals surface area contributed by atoms with E-state index in [4.69, 9.17) is 5.26 Å². The maximum absolute atomic E-state index is 11.2. The molecule has 1 aromatic rings. The quantitative estimate of drug-likeness (QED) is 0.618. The third-order valence-corrected chi connectivity index (χ3v) is 3.27. The number of rotatable bonds is 3. The molecule has 1 fully saturated rings. The fourth-order valence-corrected chi connectivity index (χ4v) is 2.38. The van der Waals surface area contributed by atoms with E-state index in [0.29, 0.717) is 13.1 Å². The maximum atomic E-state index is 11.2. The van der Waals surface area contributed by atoms with Crippen LogP contribution in [0.3, 0.4) is 0 Å². The smallest absolute Gasteiger partial charge is 0.300 e. The Labute approximate surface area is 114 Å². The van der Waals surface area contributed by atoms with Crippen molar-refractivity contribution >= 4 is 17.1 Å². The molecule has 0 radical (unpaired) electrons. The average molecular weight is 276 g/mol. The molecule has 0 unspecified atom stereocenters. The Balaban J connectivity index is 2.61. The Morgan fingerprint density at radius 3 is 2.25 bits per heavy atom. The number of nitrogens with zero attached hydrogens (tertiary/aromatic N) is 4. The number of benzene rings is 1. The largest absolute Gasteiger partial charge is 0.365 e. The topological polar surface area (TPSA) is 113 Å². The van der Waals surface area contributed by atoms with Crippen molar-refractivity contribution in [2.75, 3.05) is 18.0 Å². The average Bonchev–Trinajstić information content (AvgIpc) is 2.46. The van der Waals surface area contributed by atoms with Crippen molar-refractivity contribution in [1.29, 1.82) is 5.26 Å². The van der Waals surface area contributed by atoms with E-state index in [1.165, 1.54) is 0 Å². The van der Waals surface area contributed by atoms with Gasteiger partial charge in [0.15, 0.2) is 0 Å². The first kappa shape index (κ1) is 13.7. The summed E-state index contributed by atoms with van der Waals surface area (Å²) in [5, 5.41) is 31.1. The summed E-state index contributed by atoms with van der Waals surface area (Å²) in [5.74, 6) is 0. The SMILES string of the molecule is N#Cc1cc([N+](=O)[O-])cc([N+](=O)[O-])c1N1CCCCC1. The van der Waals surface area contributed by atoms with Gasteiger partial charge in [-0.3, -0.25) is 20.2 Å². The Bertz CT molecular complexity index is 602. The monoisotopic (exact) mass is 276 g/mol. The molecule has 1 aliphatic heterocycles. The zero-order valence-corrected chi connectivity index (χ0v) is 10.6.